The van der Waals surface area contributed by atoms with E-state index in [2.05, 4.69) is 35.1 Å². The van der Waals surface area contributed by atoms with Crippen molar-refractivity contribution in [1.29, 1.82) is 0 Å². The molecule has 6 rings (SSSR count). The maximum atomic E-state index is 13.2. The lowest BCUT2D eigenvalue weighted by atomic mass is 9.43. The van der Waals surface area contributed by atoms with Crippen LogP contribution in [0.15, 0.2) is 53.1 Å². The number of rotatable bonds is 5. The van der Waals surface area contributed by atoms with Crippen molar-refractivity contribution in [2.24, 2.45) is 17.3 Å². The first kappa shape index (κ1) is 19.8. The lowest BCUT2D eigenvalue weighted by Crippen LogP contribution is -2.57. The van der Waals surface area contributed by atoms with E-state index in [0.717, 1.165) is 32.1 Å². The first-order valence-electron chi connectivity index (χ1n) is 10.8. The Morgan fingerprint density at radius 1 is 0.968 bits per heavy atom. The third-order valence-electron chi connectivity index (χ3n) is 7.28. The van der Waals surface area contributed by atoms with Gasteiger partial charge < -0.3 is 9.15 Å². The minimum Gasteiger partial charge on any atom is -0.459 e. The van der Waals surface area contributed by atoms with E-state index in [4.69, 9.17) is 9.15 Å². The van der Waals surface area contributed by atoms with Crippen molar-refractivity contribution in [3.63, 3.8) is 0 Å². The van der Waals surface area contributed by atoms with Gasteiger partial charge in [-0.05, 0) is 73.5 Å². The number of hydrogen-bond acceptors (Lipinski definition) is 5. The van der Waals surface area contributed by atoms with Gasteiger partial charge >= 0.3 is 11.9 Å². The second-order valence-electron chi connectivity index (χ2n) is 9.44. The number of furan rings is 1. The molecule has 2 N–H and O–H groups in total. The van der Waals surface area contributed by atoms with E-state index in [1.54, 1.807) is 6.07 Å². The number of nitrogens with one attached hydrogen (secondary N) is 2. The van der Waals surface area contributed by atoms with E-state index in [-0.39, 0.29) is 17.1 Å². The highest BCUT2D eigenvalue weighted by molar-refractivity contribution is 5.93. The van der Waals surface area contributed by atoms with Crippen LogP contribution in [0.1, 0.15) is 54.6 Å². The summed E-state index contributed by atoms with van der Waals surface area (Å²) in [7, 11) is 0. The maximum Gasteiger partial charge on any atom is 0.312 e. The summed E-state index contributed by atoms with van der Waals surface area (Å²) < 4.78 is 10.4. The van der Waals surface area contributed by atoms with Crippen LogP contribution in [-0.2, 0) is 19.7 Å². The van der Waals surface area contributed by atoms with E-state index >= 15 is 0 Å². The van der Waals surface area contributed by atoms with Gasteiger partial charge in [0.15, 0.2) is 12.4 Å². The molecule has 0 aliphatic heterocycles. The summed E-state index contributed by atoms with van der Waals surface area (Å²) in [4.78, 5) is 37.1. The van der Waals surface area contributed by atoms with Crippen LogP contribution in [-0.4, -0.2) is 24.4 Å². The molecular formula is C24H26N2O5. The minimum atomic E-state index is -0.587. The largest absolute Gasteiger partial charge is 0.459 e. The van der Waals surface area contributed by atoms with Gasteiger partial charge in [0.05, 0.1) is 11.7 Å². The van der Waals surface area contributed by atoms with E-state index in [1.807, 2.05) is 6.07 Å². The topological polar surface area (TPSA) is 97.6 Å². The number of esters is 1. The number of carbonyl (C=O) groups is 3. The Balaban J connectivity index is 1.22. The average Bonchev–Trinajstić information content (AvgIpc) is 3.30. The van der Waals surface area contributed by atoms with Crippen LogP contribution in [0.25, 0.3) is 0 Å². The zero-order valence-electron chi connectivity index (χ0n) is 17.3. The van der Waals surface area contributed by atoms with Crippen LogP contribution in [0.4, 0.5) is 0 Å². The van der Waals surface area contributed by atoms with E-state index in [0.29, 0.717) is 11.8 Å². The van der Waals surface area contributed by atoms with Crippen molar-refractivity contribution in [2.75, 3.05) is 6.61 Å². The van der Waals surface area contributed by atoms with E-state index < -0.39 is 23.8 Å². The second-order valence-corrected chi connectivity index (χ2v) is 9.44. The molecule has 162 valence electrons. The van der Waals surface area contributed by atoms with Gasteiger partial charge in [-0.25, -0.2) is 0 Å². The van der Waals surface area contributed by atoms with E-state index in [9.17, 15) is 14.4 Å². The monoisotopic (exact) mass is 422 g/mol. The molecule has 0 saturated heterocycles. The fourth-order valence-electron chi connectivity index (χ4n) is 6.55. The SMILES string of the molecule is O=C(COC(=O)C12C[C@H]3C[C@@H](C1)CC(c1ccccc1)(C3)C2)NNC(=O)c1ccco1. The van der Waals surface area contributed by atoms with Gasteiger partial charge in [0, 0.05) is 0 Å². The molecule has 1 aromatic heterocycles. The lowest BCUT2D eigenvalue weighted by molar-refractivity contribution is -0.175. The summed E-state index contributed by atoms with van der Waals surface area (Å²) in [5, 5.41) is 0. The van der Waals surface area contributed by atoms with Gasteiger partial charge in [0.2, 0.25) is 0 Å². The molecule has 0 radical (unpaired) electrons. The third-order valence-corrected chi connectivity index (χ3v) is 7.28. The van der Waals surface area contributed by atoms with Gasteiger partial charge in [-0.2, -0.15) is 0 Å². The number of hydrogen-bond donors (Lipinski definition) is 2. The highest BCUT2D eigenvalue weighted by atomic mass is 16.5. The molecule has 2 unspecified atom stereocenters. The number of ether oxygens (including phenoxy) is 1. The van der Waals surface area contributed by atoms with Gasteiger partial charge in [-0.3, -0.25) is 25.2 Å². The molecule has 4 fully saturated rings. The summed E-state index contributed by atoms with van der Waals surface area (Å²) in [5.41, 5.74) is 5.34. The number of hydrazine groups is 1. The Kier molecular flexibility index (Phi) is 4.84. The Morgan fingerprint density at radius 3 is 2.39 bits per heavy atom. The van der Waals surface area contributed by atoms with Crippen LogP contribution >= 0.6 is 0 Å². The van der Waals surface area contributed by atoms with E-state index in [1.165, 1.54) is 24.3 Å². The molecule has 1 aromatic carbocycles. The molecule has 2 aromatic rings. The molecule has 7 heteroatoms. The van der Waals surface area contributed by atoms with Crippen molar-refractivity contribution < 1.29 is 23.5 Å². The molecular weight excluding hydrogens is 396 g/mol. The second kappa shape index (κ2) is 7.55. The third kappa shape index (κ3) is 3.62. The summed E-state index contributed by atoms with van der Waals surface area (Å²) in [6, 6.07) is 13.6. The van der Waals surface area contributed by atoms with Crippen LogP contribution < -0.4 is 10.9 Å². The molecule has 4 aliphatic carbocycles. The molecule has 4 saturated carbocycles. The summed E-state index contributed by atoms with van der Waals surface area (Å²) in [5.74, 6) is -0.316. The number of amides is 2. The Bertz CT molecular complexity index is 971. The van der Waals surface area contributed by atoms with Crippen molar-refractivity contribution in [1.82, 2.24) is 10.9 Å². The fourth-order valence-corrected chi connectivity index (χ4v) is 6.55. The Hall–Kier alpha value is -3.09. The first-order valence-corrected chi connectivity index (χ1v) is 10.8. The highest BCUT2D eigenvalue weighted by Crippen LogP contribution is 2.66. The molecule has 4 aliphatic rings. The number of carbonyl (C=O) groups excluding carboxylic acids is 3. The van der Waals surface area contributed by atoms with Crippen molar-refractivity contribution in [3.05, 3.63) is 60.1 Å². The Morgan fingerprint density at radius 2 is 1.71 bits per heavy atom. The normalized spacial score (nSPS) is 30.6. The van der Waals surface area contributed by atoms with Crippen molar-refractivity contribution in [3.8, 4) is 0 Å². The van der Waals surface area contributed by atoms with Gasteiger partial charge in [0.25, 0.3) is 5.91 Å². The summed E-state index contributed by atoms with van der Waals surface area (Å²) in [6.45, 7) is -0.424. The Labute approximate surface area is 180 Å². The van der Waals surface area contributed by atoms with Gasteiger partial charge in [0.1, 0.15) is 0 Å². The molecule has 7 nitrogen and oxygen atoms in total. The first-order chi connectivity index (χ1) is 15.0. The molecule has 1 heterocycles. The minimum absolute atomic E-state index is 0.0314. The summed E-state index contributed by atoms with van der Waals surface area (Å²) in [6.07, 6.45) is 7.27. The zero-order chi connectivity index (χ0) is 21.5. The predicted molar refractivity (Wildman–Crippen MR) is 111 cm³/mol. The van der Waals surface area contributed by atoms with Crippen LogP contribution in [0.5, 0.6) is 0 Å². The maximum absolute atomic E-state index is 13.2. The van der Waals surface area contributed by atoms with Crippen LogP contribution in [0.3, 0.4) is 0 Å². The van der Waals surface area contributed by atoms with Crippen molar-refractivity contribution >= 4 is 17.8 Å². The highest BCUT2D eigenvalue weighted by Gasteiger charge is 2.61. The van der Waals surface area contributed by atoms with Crippen LogP contribution in [0.2, 0.25) is 0 Å². The fraction of sp³-hybridized carbons (Fsp3) is 0.458. The quantitative estimate of drug-likeness (QED) is 0.570. The lowest BCUT2D eigenvalue weighted by Gasteiger charge is -2.61. The van der Waals surface area contributed by atoms with Crippen LogP contribution in [0, 0.1) is 17.3 Å². The van der Waals surface area contributed by atoms with Crippen molar-refractivity contribution in [2.45, 2.75) is 43.9 Å². The molecule has 4 bridgehead atoms. The number of benzene rings is 1. The molecule has 4 atom stereocenters. The molecule has 31 heavy (non-hydrogen) atoms. The molecule has 2 amide bonds. The average molecular weight is 422 g/mol. The predicted octanol–water partition coefficient (Wildman–Crippen LogP) is 3.12. The standard InChI is InChI=1S/C24H26N2O5/c27-20(25-26-21(28)19-7-4-8-30-19)14-31-22(29)24-12-16-9-17(13-24)11-23(10-16,15-24)18-5-2-1-3-6-18/h1-8,16-17H,9-15H2,(H,25,27)(H,26,28)/t16-,17+,23?,24?. The van der Waals surface area contributed by atoms with Gasteiger partial charge in [-0.15, -0.1) is 0 Å². The smallest absolute Gasteiger partial charge is 0.312 e. The van der Waals surface area contributed by atoms with Gasteiger partial charge in [-0.1, -0.05) is 30.3 Å². The molecule has 0 spiro atoms. The zero-order valence-corrected chi connectivity index (χ0v) is 17.3. The summed E-state index contributed by atoms with van der Waals surface area (Å²) >= 11 is 0.